The van der Waals surface area contributed by atoms with E-state index in [0.717, 1.165) is 24.3 Å². The van der Waals surface area contributed by atoms with Crippen LogP contribution in [0.25, 0.3) is 0 Å². The highest BCUT2D eigenvalue weighted by Crippen LogP contribution is 2.36. The maximum Gasteiger partial charge on any atom is 0.193 e. The molecule has 1 aliphatic rings. The quantitative estimate of drug-likeness (QED) is 0.508. The first-order valence-corrected chi connectivity index (χ1v) is 10.2. The van der Waals surface area contributed by atoms with Crippen molar-refractivity contribution in [1.29, 1.82) is 0 Å². The molecule has 0 bridgehead atoms. The Morgan fingerprint density at radius 3 is 2.40 bits per heavy atom. The lowest BCUT2D eigenvalue weighted by atomic mass is 9.74. The molecule has 3 N–H and O–H groups in total. The van der Waals surface area contributed by atoms with Crippen molar-refractivity contribution in [2.75, 3.05) is 45.9 Å². The Morgan fingerprint density at radius 2 is 1.77 bits per heavy atom. The Bertz CT molecular complexity index is 846. The van der Waals surface area contributed by atoms with Gasteiger partial charge in [-0.2, -0.15) is 0 Å². The standard InChI is InChI=1S/C23H31N3O4/c1-4-30-19-8-5-17(6-9-19)23(11-13-29-14-12-23)16-25-22(24)26-18-7-10-20(27-2)21(15-18)28-3/h5-10,15H,4,11-14,16H2,1-3H3,(H3,24,25,26). The van der Waals surface area contributed by atoms with Gasteiger partial charge in [0, 0.05) is 30.4 Å². The largest absolute Gasteiger partial charge is 0.494 e. The number of hydrogen-bond donors (Lipinski definition) is 2. The van der Waals surface area contributed by atoms with E-state index in [1.54, 1.807) is 14.2 Å². The number of methoxy groups -OCH3 is 2. The van der Waals surface area contributed by atoms with Crippen LogP contribution in [-0.4, -0.2) is 46.5 Å². The number of hydrogen-bond acceptors (Lipinski definition) is 5. The first-order chi connectivity index (χ1) is 14.6. The van der Waals surface area contributed by atoms with E-state index in [-0.39, 0.29) is 5.41 Å². The van der Waals surface area contributed by atoms with Gasteiger partial charge in [0.1, 0.15) is 5.75 Å². The van der Waals surface area contributed by atoms with Crippen LogP contribution in [0.3, 0.4) is 0 Å². The summed E-state index contributed by atoms with van der Waals surface area (Å²) < 4.78 is 21.8. The molecular weight excluding hydrogens is 382 g/mol. The van der Waals surface area contributed by atoms with Gasteiger partial charge >= 0.3 is 0 Å². The van der Waals surface area contributed by atoms with Crippen LogP contribution >= 0.6 is 0 Å². The van der Waals surface area contributed by atoms with Gasteiger partial charge in [-0.15, -0.1) is 0 Å². The molecule has 7 nitrogen and oxygen atoms in total. The Morgan fingerprint density at radius 1 is 1.07 bits per heavy atom. The van der Waals surface area contributed by atoms with Crippen molar-refractivity contribution in [2.24, 2.45) is 10.7 Å². The minimum absolute atomic E-state index is 0.104. The zero-order valence-electron chi connectivity index (χ0n) is 17.9. The van der Waals surface area contributed by atoms with Gasteiger partial charge in [-0.25, -0.2) is 0 Å². The van der Waals surface area contributed by atoms with Gasteiger partial charge in [-0.1, -0.05) is 12.1 Å². The Labute approximate surface area is 178 Å². The van der Waals surface area contributed by atoms with Crippen LogP contribution < -0.4 is 25.3 Å². The average Bonchev–Trinajstić information content (AvgIpc) is 2.79. The molecule has 0 aromatic heterocycles. The number of guanidine groups is 1. The van der Waals surface area contributed by atoms with E-state index >= 15 is 0 Å². The summed E-state index contributed by atoms with van der Waals surface area (Å²) in [4.78, 5) is 4.67. The molecule has 0 atom stereocenters. The molecule has 1 heterocycles. The van der Waals surface area contributed by atoms with Gasteiger partial charge in [-0.3, -0.25) is 4.99 Å². The van der Waals surface area contributed by atoms with Crippen LogP contribution in [0, 0.1) is 0 Å². The number of nitrogens with one attached hydrogen (secondary N) is 1. The van der Waals surface area contributed by atoms with Gasteiger partial charge in [0.25, 0.3) is 0 Å². The summed E-state index contributed by atoms with van der Waals surface area (Å²) in [7, 11) is 3.21. The van der Waals surface area contributed by atoms with Crippen molar-refractivity contribution < 1.29 is 18.9 Å². The number of nitrogens with zero attached hydrogens (tertiary/aromatic N) is 1. The van der Waals surface area contributed by atoms with E-state index in [4.69, 9.17) is 24.7 Å². The van der Waals surface area contributed by atoms with Crippen molar-refractivity contribution in [3.63, 3.8) is 0 Å². The highest BCUT2D eigenvalue weighted by Gasteiger charge is 2.34. The summed E-state index contributed by atoms with van der Waals surface area (Å²) in [6, 6.07) is 13.8. The fourth-order valence-corrected chi connectivity index (χ4v) is 3.71. The van der Waals surface area contributed by atoms with Crippen LogP contribution in [0.5, 0.6) is 17.2 Å². The predicted octanol–water partition coefficient (Wildman–Crippen LogP) is 3.58. The molecule has 0 saturated carbocycles. The summed E-state index contributed by atoms with van der Waals surface area (Å²) in [5.41, 5.74) is 8.12. The van der Waals surface area contributed by atoms with E-state index in [1.165, 1.54) is 5.56 Å². The van der Waals surface area contributed by atoms with Crippen LogP contribution in [0.2, 0.25) is 0 Å². The van der Waals surface area contributed by atoms with E-state index in [2.05, 4.69) is 22.4 Å². The molecule has 3 rings (SSSR count). The number of ether oxygens (including phenoxy) is 4. The Balaban J connectivity index is 1.75. The van der Waals surface area contributed by atoms with Crippen molar-refractivity contribution in [3.8, 4) is 17.2 Å². The smallest absolute Gasteiger partial charge is 0.193 e. The van der Waals surface area contributed by atoms with Crippen molar-refractivity contribution in [3.05, 3.63) is 48.0 Å². The van der Waals surface area contributed by atoms with Crippen molar-refractivity contribution in [2.45, 2.75) is 25.2 Å². The molecule has 2 aromatic carbocycles. The van der Waals surface area contributed by atoms with Crippen LogP contribution in [-0.2, 0) is 10.2 Å². The fraction of sp³-hybridized carbons (Fsp3) is 0.435. The summed E-state index contributed by atoms with van der Waals surface area (Å²) in [6.45, 7) is 4.64. The SMILES string of the molecule is CCOc1ccc(C2(CN=C(N)Nc3ccc(OC)c(OC)c3)CCOCC2)cc1. The van der Waals surface area contributed by atoms with E-state index in [0.29, 0.717) is 43.8 Å². The maximum absolute atomic E-state index is 6.20. The maximum atomic E-state index is 6.20. The lowest BCUT2D eigenvalue weighted by Crippen LogP contribution is -2.38. The molecule has 162 valence electrons. The van der Waals surface area contributed by atoms with Gasteiger partial charge in [0.2, 0.25) is 0 Å². The first kappa shape index (κ1) is 21.8. The second-order valence-electron chi connectivity index (χ2n) is 7.25. The molecule has 2 aromatic rings. The van der Waals surface area contributed by atoms with Crippen molar-refractivity contribution >= 4 is 11.6 Å². The molecule has 0 spiro atoms. The average molecular weight is 414 g/mol. The minimum atomic E-state index is -0.104. The predicted molar refractivity (Wildman–Crippen MR) is 119 cm³/mol. The summed E-state index contributed by atoms with van der Waals surface area (Å²) in [5, 5.41) is 3.14. The Hall–Kier alpha value is -2.93. The topological polar surface area (TPSA) is 87.3 Å². The molecule has 1 saturated heterocycles. The second kappa shape index (κ2) is 10.2. The van der Waals surface area contributed by atoms with Crippen molar-refractivity contribution in [1.82, 2.24) is 0 Å². The van der Waals surface area contributed by atoms with Gasteiger partial charge < -0.3 is 30.0 Å². The molecule has 0 amide bonds. The third kappa shape index (κ3) is 5.16. The molecule has 7 heteroatoms. The molecule has 0 aliphatic carbocycles. The van der Waals surface area contributed by atoms with Crippen LogP contribution in [0.15, 0.2) is 47.5 Å². The lowest BCUT2D eigenvalue weighted by Gasteiger charge is -2.36. The normalized spacial score (nSPS) is 16.0. The second-order valence-corrected chi connectivity index (χ2v) is 7.25. The van der Waals surface area contributed by atoms with E-state index in [9.17, 15) is 0 Å². The summed E-state index contributed by atoms with van der Waals surface area (Å²) in [6.07, 6.45) is 1.79. The molecule has 0 unspecified atom stereocenters. The minimum Gasteiger partial charge on any atom is -0.494 e. The third-order valence-electron chi connectivity index (χ3n) is 5.44. The number of anilines is 1. The zero-order chi connectivity index (χ0) is 21.4. The third-order valence-corrected chi connectivity index (χ3v) is 5.44. The van der Waals surface area contributed by atoms with Crippen LogP contribution in [0.4, 0.5) is 5.69 Å². The van der Waals surface area contributed by atoms with E-state index in [1.807, 2.05) is 37.3 Å². The Kier molecular flexibility index (Phi) is 7.41. The number of aliphatic imine (C=N–C) groups is 1. The van der Waals surface area contributed by atoms with Gasteiger partial charge in [-0.05, 0) is 49.6 Å². The van der Waals surface area contributed by atoms with Gasteiger partial charge in [0.05, 0.1) is 27.4 Å². The highest BCUT2D eigenvalue weighted by atomic mass is 16.5. The molecular formula is C23H31N3O4. The van der Waals surface area contributed by atoms with E-state index < -0.39 is 0 Å². The van der Waals surface area contributed by atoms with Gasteiger partial charge in [0.15, 0.2) is 17.5 Å². The molecule has 30 heavy (non-hydrogen) atoms. The number of rotatable bonds is 8. The number of nitrogens with two attached hydrogens (primary N) is 1. The fourth-order valence-electron chi connectivity index (χ4n) is 3.71. The first-order valence-electron chi connectivity index (χ1n) is 10.2. The molecule has 0 radical (unpaired) electrons. The summed E-state index contributed by atoms with van der Waals surface area (Å²) >= 11 is 0. The van der Waals surface area contributed by atoms with Crippen LogP contribution in [0.1, 0.15) is 25.3 Å². The number of benzene rings is 2. The summed E-state index contributed by atoms with van der Waals surface area (Å²) in [5.74, 6) is 2.53. The monoisotopic (exact) mass is 413 g/mol. The lowest BCUT2D eigenvalue weighted by molar-refractivity contribution is 0.0531. The molecule has 1 aliphatic heterocycles. The highest BCUT2D eigenvalue weighted by molar-refractivity contribution is 5.92. The molecule has 1 fully saturated rings. The zero-order valence-corrected chi connectivity index (χ0v) is 17.9.